The molecule has 0 saturated heterocycles. The number of para-hydroxylation sites is 1. The Morgan fingerprint density at radius 2 is 1.85 bits per heavy atom. The Kier molecular flexibility index (Phi) is 5.59. The fraction of sp³-hybridized carbons (Fsp3) is 0.500. The molecule has 0 spiro atoms. The molecule has 1 aromatic carbocycles. The molecule has 1 heterocycles. The lowest BCUT2D eigenvalue weighted by molar-refractivity contribution is 0.211. The van der Waals surface area contributed by atoms with Gasteiger partial charge in [-0.25, -0.2) is 4.79 Å². The van der Waals surface area contributed by atoms with Crippen molar-refractivity contribution in [3.63, 3.8) is 0 Å². The van der Waals surface area contributed by atoms with E-state index in [-0.39, 0.29) is 6.08 Å². The summed E-state index contributed by atoms with van der Waals surface area (Å²) in [6.45, 7) is 2.75. The molecule has 0 aliphatic heterocycles. The van der Waals surface area contributed by atoms with Crippen LogP contribution in [0, 0.1) is 0 Å². The van der Waals surface area contributed by atoms with E-state index in [9.17, 15) is 4.79 Å². The summed E-state index contributed by atoms with van der Waals surface area (Å²) in [7, 11) is 0. The minimum atomic E-state index is -0.395. The molecule has 4 nitrogen and oxygen atoms in total. The standard InChI is InChI=1S/C16H21NO3/c1-2-3-4-5-6-9-12-19-16-17-14-11-8-7-10-13(14)15(18)20-16/h7-8,10-11H,2-6,9,12H2,1H3. The summed E-state index contributed by atoms with van der Waals surface area (Å²) in [4.78, 5) is 15.9. The molecule has 0 unspecified atom stereocenters. The van der Waals surface area contributed by atoms with Crippen molar-refractivity contribution in [1.82, 2.24) is 4.98 Å². The van der Waals surface area contributed by atoms with Crippen molar-refractivity contribution in [1.29, 1.82) is 0 Å². The lowest BCUT2D eigenvalue weighted by atomic mass is 10.1. The maximum atomic E-state index is 11.7. The van der Waals surface area contributed by atoms with E-state index in [0.717, 1.165) is 12.8 Å². The average molecular weight is 275 g/mol. The first-order chi connectivity index (χ1) is 9.81. The van der Waals surface area contributed by atoms with Crippen LogP contribution in [0.25, 0.3) is 10.9 Å². The van der Waals surface area contributed by atoms with E-state index in [1.807, 2.05) is 6.07 Å². The molecule has 0 amide bonds. The SMILES string of the molecule is CCCCCCCCOc1nc2ccccc2c(=O)o1. The lowest BCUT2D eigenvalue weighted by Gasteiger charge is -2.04. The first-order valence-electron chi connectivity index (χ1n) is 7.34. The molecule has 0 atom stereocenters. The number of rotatable bonds is 8. The van der Waals surface area contributed by atoms with E-state index in [2.05, 4.69) is 11.9 Å². The Balaban J connectivity index is 1.83. The normalized spacial score (nSPS) is 10.8. The van der Waals surface area contributed by atoms with Crippen LogP contribution >= 0.6 is 0 Å². The van der Waals surface area contributed by atoms with Gasteiger partial charge in [0.15, 0.2) is 0 Å². The lowest BCUT2D eigenvalue weighted by Crippen LogP contribution is -2.06. The minimum absolute atomic E-state index is 0.0715. The van der Waals surface area contributed by atoms with Gasteiger partial charge in [-0.3, -0.25) is 0 Å². The molecule has 0 radical (unpaired) electrons. The number of benzene rings is 1. The number of nitrogens with zero attached hydrogens (tertiary/aromatic N) is 1. The molecule has 0 saturated carbocycles. The molecule has 2 rings (SSSR count). The smallest absolute Gasteiger partial charge is 0.397 e. The molecular formula is C16H21NO3. The molecular weight excluding hydrogens is 254 g/mol. The predicted octanol–water partition coefficient (Wildman–Crippen LogP) is 3.93. The Morgan fingerprint density at radius 1 is 1.10 bits per heavy atom. The van der Waals surface area contributed by atoms with Crippen LogP contribution in [0.3, 0.4) is 0 Å². The molecule has 108 valence electrons. The van der Waals surface area contributed by atoms with Crippen LogP contribution in [-0.2, 0) is 0 Å². The Labute approximate surface area is 118 Å². The van der Waals surface area contributed by atoms with E-state index in [0.29, 0.717) is 17.5 Å². The third-order valence-electron chi connectivity index (χ3n) is 3.24. The maximum absolute atomic E-state index is 11.7. The van der Waals surface area contributed by atoms with Crippen molar-refractivity contribution in [2.75, 3.05) is 6.61 Å². The van der Waals surface area contributed by atoms with Crippen LogP contribution in [0.4, 0.5) is 0 Å². The zero-order chi connectivity index (χ0) is 14.2. The van der Waals surface area contributed by atoms with Crippen LogP contribution in [0.2, 0.25) is 0 Å². The highest BCUT2D eigenvalue weighted by atomic mass is 16.6. The summed E-state index contributed by atoms with van der Waals surface area (Å²) < 4.78 is 10.5. The topological polar surface area (TPSA) is 52.3 Å². The molecule has 0 fully saturated rings. The van der Waals surface area contributed by atoms with E-state index < -0.39 is 5.63 Å². The quantitative estimate of drug-likeness (QED) is 0.685. The van der Waals surface area contributed by atoms with Crippen molar-refractivity contribution in [3.05, 3.63) is 34.7 Å². The van der Waals surface area contributed by atoms with Crippen LogP contribution in [-0.4, -0.2) is 11.6 Å². The van der Waals surface area contributed by atoms with Gasteiger partial charge in [-0.1, -0.05) is 51.2 Å². The van der Waals surface area contributed by atoms with Gasteiger partial charge in [-0.2, -0.15) is 4.98 Å². The molecule has 0 bridgehead atoms. The number of hydrogen-bond acceptors (Lipinski definition) is 4. The van der Waals surface area contributed by atoms with Gasteiger partial charge in [0, 0.05) is 0 Å². The molecule has 20 heavy (non-hydrogen) atoms. The van der Waals surface area contributed by atoms with Gasteiger partial charge in [0.05, 0.1) is 17.5 Å². The largest absolute Gasteiger partial charge is 0.450 e. The Morgan fingerprint density at radius 3 is 2.70 bits per heavy atom. The van der Waals surface area contributed by atoms with Crippen molar-refractivity contribution in [3.8, 4) is 6.08 Å². The number of unbranched alkanes of at least 4 members (excludes halogenated alkanes) is 5. The highest BCUT2D eigenvalue weighted by molar-refractivity contribution is 5.76. The van der Waals surface area contributed by atoms with Gasteiger partial charge in [-0.05, 0) is 18.6 Å². The van der Waals surface area contributed by atoms with Gasteiger partial charge < -0.3 is 9.15 Å². The summed E-state index contributed by atoms with van der Waals surface area (Å²) in [6.07, 6.45) is 7.22. The number of hydrogen-bond donors (Lipinski definition) is 0. The van der Waals surface area contributed by atoms with Crippen molar-refractivity contribution >= 4 is 10.9 Å². The molecule has 2 aromatic rings. The van der Waals surface area contributed by atoms with Gasteiger partial charge in [0.25, 0.3) is 0 Å². The minimum Gasteiger partial charge on any atom is -0.450 e. The zero-order valence-electron chi connectivity index (χ0n) is 11.9. The molecule has 0 N–H and O–H groups in total. The fourth-order valence-electron chi connectivity index (χ4n) is 2.10. The van der Waals surface area contributed by atoms with Crippen LogP contribution in [0.5, 0.6) is 6.08 Å². The first-order valence-corrected chi connectivity index (χ1v) is 7.34. The maximum Gasteiger partial charge on any atom is 0.397 e. The van der Waals surface area contributed by atoms with Crippen LogP contribution < -0.4 is 10.4 Å². The second-order valence-electron chi connectivity index (χ2n) is 4.90. The monoisotopic (exact) mass is 275 g/mol. The van der Waals surface area contributed by atoms with Gasteiger partial charge in [-0.15, -0.1) is 0 Å². The summed E-state index contributed by atoms with van der Waals surface area (Å²) in [5.74, 6) is 0. The highest BCUT2D eigenvalue weighted by Gasteiger charge is 2.06. The van der Waals surface area contributed by atoms with Crippen LogP contribution in [0.15, 0.2) is 33.5 Å². The molecule has 0 aliphatic carbocycles. The van der Waals surface area contributed by atoms with E-state index in [1.54, 1.807) is 18.2 Å². The predicted molar refractivity (Wildman–Crippen MR) is 79.2 cm³/mol. The van der Waals surface area contributed by atoms with Crippen LogP contribution in [0.1, 0.15) is 45.4 Å². The second kappa shape index (κ2) is 7.68. The third kappa shape index (κ3) is 4.08. The zero-order valence-corrected chi connectivity index (χ0v) is 11.9. The summed E-state index contributed by atoms with van der Waals surface area (Å²) in [5.41, 5.74) is 0.218. The van der Waals surface area contributed by atoms with E-state index in [4.69, 9.17) is 9.15 Å². The highest BCUT2D eigenvalue weighted by Crippen LogP contribution is 2.12. The molecule has 4 heteroatoms. The second-order valence-corrected chi connectivity index (χ2v) is 4.90. The van der Waals surface area contributed by atoms with E-state index >= 15 is 0 Å². The molecule has 0 aliphatic rings. The average Bonchev–Trinajstić information content (AvgIpc) is 2.46. The van der Waals surface area contributed by atoms with Gasteiger partial charge in [0.1, 0.15) is 0 Å². The van der Waals surface area contributed by atoms with Crippen molar-refractivity contribution in [2.24, 2.45) is 0 Å². The fourth-order valence-corrected chi connectivity index (χ4v) is 2.10. The summed E-state index contributed by atoms with van der Waals surface area (Å²) in [6, 6.07) is 7.11. The Bertz CT molecular complexity index is 592. The summed E-state index contributed by atoms with van der Waals surface area (Å²) in [5, 5.41) is 0.486. The number of aromatic nitrogens is 1. The van der Waals surface area contributed by atoms with Gasteiger partial charge >= 0.3 is 11.7 Å². The molecule has 1 aromatic heterocycles. The van der Waals surface area contributed by atoms with Gasteiger partial charge in [0.2, 0.25) is 0 Å². The summed E-state index contributed by atoms with van der Waals surface area (Å²) >= 11 is 0. The number of fused-ring (bicyclic) bond motifs is 1. The number of ether oxygens (including phenoxy) is 1. The van der Waals surface area contributed by atoms with E-state index in [1.165, 1.54) is 25.7 Å². The Hall–Kier alpha value is -1.84. The van der Waals surface area contributed by atoms with Crippen molar-refractivity contribution in [2.45, 2.75) is 45.4 Å². The third-order valence-corrected chi connectivity index (χ3v) is 3.24. The van der Waals surface area contributed by atoms with Crippen molar-refractivity contribution < 1.29 is 9.15 Å². The first kappa shape index (κ1) is 14.6.